The predicted molar refractivity (Wildman–Crippen MR) is 55.8 cm³/mol. The molecule has 0 amide bonds. The van der Waals surface area contributed by atoms with Crippen LogP contribution in [0.2, 0.25) is 5.02 Å². The van der Waals surface area contributed by atoms with Crippen molar-refractivity contribution < 1.29 is 13.2 Å². The molecule has 0 unspecified atom stereocenters. The summed E-state index contributed by atoms with van der Waals surface area (Å²) < 4.78 is 39.6. The molecule has 5 heteroatoms. The zero-order chi connectivity index (χ0) is 11.8. The quantitative estimate of drug-likeness (QED) is 0.711. The van der Waals surface area contributed by atoms with Crippen molar-refractivity contribution in [2.45, 2.75) is 6.18 Å². The molecule has 0 saturated heterocycles. The fraction of sp³-hybridized carbons (Fsp3) is 0.0909. The van der Waals surface area contributed by atoms with E-state index in [9.17, 15) is 13.2 Å². The van der Waals surface area contributed by atoms with Crippen LogP contribution in [0.25, 0.3) is 5.69 Å². The van der Waals surface area contributed by atoms with E-state index in [4.69, 9.17) is 11.6 Å². The average molecular weight is 246 g/mol. The van der Waals surface area contributed by atoms with Gasteiger partial charge in [-0.3, -0.25) is 0 Å². The molecule has 1 heterocycles. The van der Waals surface area contributed by atoms with E-state index in [1.165, 1.54) is 29.1 Å². The SMILES string of the molecule is FC(F)(F)c1cccc(Cl)c1-n1cccc1. The maximum Gasteiger partial charge on any atom is 0.418 e. The number of alkyl halides is 3. The average Bonchev–Trinajstić information content (AvgIpc) is 2.68. The highest BCUT2D eigenvalue weighted by Gasteiger charge is 2.34. The largest absolute Gasteiger partial charge is 0.418 e. The summed E-state index contributed by atoms with van der Waals surface area (Å²) in [5.74, 6) is 0. The van der Waals surface area contributed by atoms with E-state index in [2.05, 4.69) is 0 Å². The highest BCUT2D eigenvalue weighted by Crippen LogP contribution is 2.37. The zero-order valence-corrected chi connectivity index (χ0v) is 8.76. The van der Waals surface area contributed by atoms with E-state index in [0.717, 1.165) is 6.07 Å². The van der Waals surface area contributed by atoms with E-state index in [0.29, 0.717) is 0 Å². The lowest BCUT2D eigenvalue weighted by Gasteiger charge is -2.14. The molecule has 0 aliphatic heterocycles. The number of benzene rings is 1. The van der Waals surface area contributed by atoms with Gasteiger partial charge in [0.1, 0.15) is 0 Å². The summed E-state index contributed by atoms with van der Waals surface area (Å²) in [5.41, 5.74) is -0.780. The van der Waals surface area contributed by atoms with Gasteiger partial charge in [-0.05, 0) is 24.3 Å². The van der Waals surface area contributed by atoms with Crippen molar-refractivity contribution in [3.63, 3.8) is 0 Å². The number of hydrogen-bond acceptors (Lipinski definition) is 0. The maximum absolute atomic E-state index is 12.7. The minimum absolute atomic E-state index is 0.0401. The molecule has 1 aromatic heterocycles. The first-order chi connectivity index (χ1) is 7.50. The van der Waals surface area contributed by atoms with Gasteiger partial charge in [-0.25, -0.2) is 0 Å². The lowest BCUT2D eigenvalue weighted by molar-refractivity contribution is -0.137. The summed E-state index contributed by atoms with van der Waals surface area (Å²) in [7, 11) is 0. The molecule has 84 valence electrons. The van der Waals surface area contributed by atoms with Crippen LogP contribution in [0.1, 0.15) is 5.56 Å². The summed E-state index contributed by atoms with van der Waals surface area (Å²) in [6.45, 7) is 0. The maximum atomic E-state index is 12.7. The summed E-state index contributed by atoms with van der Waals surface area (Å²) >= 11 is 5.81. The van der Waals surface area contributed by atoms with Crippen molar-refractivity contribution >= 4 is 11.6 Å². The van der Waals surface area contributed by atoms with Gasteiger partial charge in [-0.15, -0.1) is 0 Å². The third-order valence-corrected chi connectivity index (χ3v) is 2.46. The lowest BCUT2D eigenvalue weighted by atomic mass is 10.1. The van der Waals surface area contributed by atoms with Gasteiger partial charge in [0.25, 0.3) is 0 Å². The number of para-hydroxylation sites is 1. The monoisotopic (exact) mass is 245 g/mol. The molecule has 0 spiro atoms. The van der Waals surface area contributed by atoms with Gasteiger partial charge >= 0.3 is 6.18 Å². The van der Waals surface area contributed by atoms with E-state index >= 15 is 0 Å². The molecular formula is C11H7ClF3N. The topological polar surface area (TPSA) is 4.93 Å². The first-order valence-electron chi connectivity index (χ1n) is 4.49. The molecule has 1 nitrogen and oxygen atoms in total. The number of aromatic nitrogens is 1. The van der Waals surface area contributed by atoms with Gasteiger partial charge in [0, 0.05) is 12.4 Å². The molecule has 1 aromatic carbocycles. The minimum Gasteiger partial charge on any atom is -0.322 e. The van der Waals surface area contributed by atoms with Crippen LogP contribution >= 0.6 is 11.6 Å². The molecule has 0 radical (unpaired) electrons. The van der Waals surface area contributed by atoms with Gasteiger partial charge in [-0.2, -0.15) is 13.2 Å². The van der Waals surface area contributed by atoms with Crippen LogP contribution in [0, 0.1) is 0 Å². The molecule has 0 aliphatic rings. The standard InChI is InChI=1S/C11H7ClF3N/c12-9-5-3-4-8(11(13,14)15)10(9)16-6-1-2-7-16/h1-7H. The zero-order valence-electron chi connectivity index (χ0n) is 8.00. The van der Waals surface area contributed by atoms with E-state index < -0.39 is 11.7 Å². The Morgan fingerprint density at radius 1 is 1.00 bits per heavy atom. The van der Waals surface area contributed by atoms with Crippen molar-refractivity contribution in [2.24, 2.45) is 0 Å². The second-order valence-corrected chi connectivity index (χ2v) is 3.63. The number of hydrogen-bond donors (Lipinski definition) is 0. The predicted octanol–water partition coefficient (Wildman–Crippen LogP) is 4.15. The van der Waals surface area contributed by atoms with Gasteiger partial charge in [0.15, 0.2) is 0 Å². The highest BCUT2D eigenvalue weighted by molar-refractivity contribution is 6.32. The van der Waals surface area contributed by atoms with Crippen molar-refractivity contribution in [1.29, 1.82) is 0 Å². The van der Waals surface area contributed by atoms with Gasteiger partial charge in [0.2, 0.25) is 0 Å². The molecular weight excluding hydrogens is 239 g/mol. The lowest BCUT2D eigenvalue weighted by Crippen LogP contribution is -2.10. The Labute approximate surface area is 95.1 Å². The van der Waals surface area contributed by atoms with Crippen LogP contribution in [0.15, 0.2) is 42.7 Å². The number of halogens is 4. The summed E-state index contributed by atoms with van der Waals surface area (Å²) in [6, 6.07) is 7.03. The fourth-order valence-corrected chi connectivity index (χ4v) is 1.76. The first kappa shape index (κ1) is 11.1. The Kier molecular flexibility index (Phi) is 2.68. The molecule has 16 heavy (non-hydrogen) atoms. The van der Waals surface area contributed by atoms with Gasteiger partial charge in [0.05, 0.1) is 16.3 Å². The van der Waals surface area contributed by atoms with E-state index in [1.54, 1.807) is 12.1 Å². The van der Waals surface area contributed by atoms with Gasteiger partial charge in [-0.1, -0.05) is 17.7 Å². The number of rotatable bonds is 1. The van der Waals surface area contributed by atoms with E-state index in [-0.39, 0.29) is 10.7 Å². The minimum atomic E-state index is -4.41. The Morgan fingerprint density at radius 2 is 1.62 bits per heavy atom. The molecule has 0 saturated carbocycles. The van der Waals surface area contributed by atoms with Crippen LogP contribution in [-0.4, -0.2) is 4.57 Å². The van der Waals surface area contributed by atoms with Crippen LogP contribution in [0.4, 0.5) is 13.2 Å². The number of nitrogens with zero attached hydrogens (tertiary/aromatic N) is 1. The second kappa shape index (κ2) is 3.87. The van der Waals surface area contributed by atoms with Gasteiger partial charge < -0.3 is 4.57 Å². The van der Waals surface area contributed by atoms with Crippen LogP contribution in [0.5, 0.6) is 0 Å². The van der Waals surface area contributed by atoms with Crippen LogP contribution in [0.3, 0.4) is 0 Å². The first-order valence-corrected chi connectivity index (χ1v) is 4.87. The summed E-state index contributed by atoms with van der Waals surface area (Å²) in [5, 5.41) is 0.0750. The Morgan fingerprint density at radius 3 is 2.19 bits per heavy atom. The highest BCUT2D eigenvalue weighted by atomic mass is 35.5. The second-order valence-electron chi connectivity index (χ2n) is 3.22. The van der Waals surface area contributed by atoms with Crippen molar-refractivity contribution in [3.05, 3.63) is 53.3 Å². The smallest absolute Gasteiger partial charge is 0.322 e. The molecule has 0 aliphatic carbocycles. The molecule has 0 atom stereocenters. The fourth-order valence-electron chi connectivity index (χ4n) is 1.49. The Balaban J connectivity index is 2.68. The van der Waals surface area contributed by atoms with Crippen LogP contribution in [-0.2, 0) is 6.18 Å². The Bertz CT molecular complexity index is 488. The molecule has 0 N–H and O–H groups in total. The van der Waals surface area contributed by atoms with Crippen LogP contribution < -0.4 is 0 Å². The molecule has 2 aromatic rings. The van der Waals surface area contributed by atoms with Crippen molar-refractivity contribution in [2.75, 3.05) is 0 Å². The Hall–Kier alpha value is -1.42. The molecule has 0 fully saturated rings. The van der Waals surface area contributed by atoms with Crippen molar-refractivity contribution in [1.82, 2.24) is 4.57 Å². The molecule has 0 bridgehead atoms. The van der Waals surface area contributed by atoms with E-state index in [1.807, 2.05) is 0 Å². The van der Waals surface area contributed by atoms with Crippen molar-refractivity contribution in [3.8, 4) is 5.69 Å². The third-order valence-electron chi connectivity index (χ3n) is 2.15. The third kappa shape index (κ3) is 1.93. The summed E-state index contributed by atoms with van der Waals surface area (Å²) in [4.78, 5) is 0. The molecule has 2 rings (SSSR count). The summed E-state index contributed by atoms with van der Waals surface area (Å²) in [6.07, 6.45) is -1.36. The normalized spacial score (nSPS) is 11.8.